The third kappa shape index (κ3) is 6.18. The molecule has 0 aliphatic carbocycles. The van der Waals surface area contributed by atoms with E-state index in [0.717, 1.165) is 0 Å². The molecule has 0 rings (SSSR count). The second-order valence-electron chi connectivity index (χ2n) is 0.937. The molecule has 0 aromatic heterocycles. The van der Waals surface area contributed by atoms with E-state index in [2.05, 4.69) is 22.9 Å². The highest BCUT2D eigenvalue weighted by Gasteiger charge is 1.70. The normalized spacial score (nSPS) is 10.6. The number of rotatable bonds is 3. The standard InChI is InChI=1S/C5H8BrO/c1-2-7-5-3-4-6/h3-4H,1-2,5H2. The third-order valence-electron chi connectivity index (χ3n) is 0.448. The van der Waals surface area contributed by atoms with E-state index in [1.165, 1.54) is 0 Å². The molecule has 0 aliphatic heterocycles. The molecule has 0 aromatic rings. The number of hydrogen-bond donors (Lipinski definition) is 0. The fourth-order valence-electron chi connectivity index (χ4n) is 0.188. The Balaban J connectivity index is 2.69. The minimum atomic E-state index is 0.539. The number of ether oxygens (including phenoxy) is 1. The van der Waals surface area contributed by atoms with Gasteiger partial charge in [-0.05, 0) is 11.9 Å². The quantitative estimate of drug-likeness (QED) is 0.577. The fourth-order valence-corrected chi connectivity index (χ4v) is 0.340. The molecule has 41 valence electrons. The molecule has 0 bridgehead atoms. The Hall–Kier alpha value is 0.180. The first-order valence-corrected chi connectivity index (χ1v) is 2.95. The van der Waals surface area contributed by atoms with Gasteiger partial charge in [0, 0.05) is 6.61 Å². The summed E-state index contributed by atoms with van der Waals surface area (Å²) < 4.78 is 4.85. The van der Waals surface area contributed by atoms with Crippen LogP contribution in [0.15, 0.2) is 11.1 Å². The lowest BCUT2D eigenvalue weighted by molar-refractivity contribution is 0.192. The van der Waals surface area contributed by atoms with Crippen molar-refractivity contribution in [1.29, 1.82) is 0 Å². The molecule has 7 heavy (non-hydrogen) atoms. The van der Waals surface area contributed by atoms with Crippen LogP contribution in [-0.2, 0) is 4.74 Å². The summed E-state index contributed by atoms with van der Waals surface area (Å²) in [5.74, 6) is 0. The van der Waals surface area contributed by atoms with Gasteiger partial charge in [0.2, 0.25) is 0 Å². The average Bonchev–Trinajstić information content (AvgIpc) is 1.69. The Morgan fingerprint density at radius 2 is 2.43 bits per heavy atom. The van der Waals surface area contributed by atoms with Crippen LogP contribution in [0.1, 0.15) is 0 Å². The van der Waals surface area contributed by atoms with Gasteiger partial charge in [-0.1, -0.05) is 22.0 Å². The van der Waals surface area contributed by atoms with Crippen molar-refractivity contribution >= 4 is 15.9 Å². The van der Waals surface area contributed by atoms with E-state index in [1.807, 2.05) is 6.08 Å². The maximum Gasteiger partial charge on any atom is 0.0655 e. The molecule has 1 radical (unpaired) electrons. The smallest absolute Gasteiger partial charge is 0.0655 e. The largest absolute Gasteiger partial charge is 0.377 e. The van der Waals surface area contributed by atoms with Crippen LogP contribution in [0.4, 0.5) is 0 Å². The van der Waals surface area contributed by atoms with Crippen LogP contribution >= 0.6 is 15.9 Å². The Morgan fingerprint density at radius 3 is 2.86 bits per heavy atom. The average molecular weight is 164 g/mol. The minimum absolute atomic E-state index is 0.539. The molecule has 0 atom stereocenters. The van der Waals surface area contributed by atoms with Gasteiger partial charge in [0.05, 0.1) is 6.61 Å². The second kappa shape index (κ2) is 6.18. The molecule has 0 unspecified atom stereocenters. The summed E-state index contributed by atoms with van der Waals surface area (Å²) in [6.45, 7) is 4.67. The molecule has 0 amide bonds. The van der Waals surface area contributed by atoms with Crippen molar-refractivity contribution in [2.24, 2.45) is 0 Å². The van der Waals surface area contributed by atoms with Gasteiger partial charge < -0.3 is 4.74 Å². The van der Waals surface area contributed by atoms with E-state index >= 15 is 0 Å². The summed E-state index contributed by atoms with van der Waals surface area (Å²) in [5, 5.41) is 0. The molecule has 0 fully saturated rings. The maximum absolute atomic E-state index is 4.85. The van der Waals surface area contributed by atoms with Gasteiger partial charge in [-0.15, -0.1) is 0 Å². The van der Waals surface area contributed by atoms with Crippen LogP contribution in [0, 0.1) is 6.92 Å². The first kappa shape index (κ1) is 7.18. The van der Waals surface area contributed by atoms with Gasteiger partial charge >= 0.3 is 0 Å². The van der Waals surface area contributed by atoms with Crippen molar-refractivity contribution in [3.05, 3.63) is 18.0 Å². The zero-order chi connectivity index (χ0) is 5.54. The van der Waals surface area contributed by atoms with Crippen LogP contribution in [-0.4, -0.2) is 13.2 Å². The monoisotopic (exact) mass is 163 g/mol. The Labute approximate surface area is 52.5 Å². The molecular weight excluding hydrogens is 156 g/mol. The lowest BCUT2D eigenvalue weighted by atomic mass is 10.7. The number of hydrogen-bond acceptors (Lipinski definition) is 1. The topological polar surface area (TPSA) is 9.23 Å². The molecular formula is C5H8BrO. The summed E-state index contributed by atoms with van der Waals surface area (Å²) in [5.41, 5.74) is 0. The Kier molecular flexibility index (Phi) is 6.34. The van der Waals surface area contributed by atoms with Crippen molar-refractivity contribution < 1.29 is 4.74 Å². The predicted octanol–water partition coefficient (Wildman–Crippen LogP) is 1.75. The Morgan fingerprint density at radius 1 is 1.71 bits per heavy atom. The van der Waals surface area contributed by atoms with Crippen molar-refractivity contribution in [2.45, 2.75) is 0 Å². The van der Waals surface area contributed by atoms with Crippen LogP contribution in [0.3, 0.4) is 0 Å². The van der Waals surface area contributed by atoms with E-state index < -0.39 is 0 Å². The maximum atomic E-state index is 4.85. The van der Waals surface area contributed by atoms with E-state index in [9.17, 15) is 0 Å². The van der Waals surface area contributed by atoms with Crippen LogP contribution in [0.5, 0.6) is 0 Å². The molecule has 0 spiro atoms. The molecule has 1 nitrogen and oxygen atoms in total. The molecule has 2 heteroatoms. The third-order valence-corrected chi connectivity index (χ3v) is 0.821. The van der Waals surface area contributed by atoms with E-state index in [4.69, 9.17) is 4.74 Å². The number of halogens is 1. The van der Waals surface area contributed by atoms with Crippen molar-refractivity contribution in [3.63, 3.8) is 0 Å². The zero-order valence-electron chi connectivity index (χ0n) is 4.06. The minimum Gasteiger partial charge on any atom is -0.377 e. The highest BCUT2D eigenvalue weighted by molar-refractivity contribution is 9.11. The van der Waals surface area contributed by atoms with Crippen LogP contribution in [0.2, 0.25) is 0 Å². The molecule has 0 N–H and O–H groups in total. The highest BCUT2D eigenvalue weighted by atomic mass is 79.9. The summed E-state index contributed by atoms with van der Waals surface area (Å²) in [6, 6.07) is 0. The van der Waals surface area contributed by atoms with Gasteiger partial charge in [-0.2, -0.15) is 0 Å². The summed E-state index contributed by atoms with van der Waals surface area (Å²) in [4.78, 5) is 1.77. The summed E-state index contributed by atoms with van der Waals surface area (Å²) in [6.07, 6.45) is 1.87. The van der Waals surface area contributed by atoms with Gasteiger partial charge in [-0.3, -0.25) is 0 Å². The molecule has 0 aliphatic rings. The predicted molar refractivity (Wildman–Crippen MR) is 34.2 cm³/mol. The van der Waals surface area contributed by atoms with Crippen molar-refractivity contribution in [2.75, 3.05) is 13.2 Å². The van der Waals surface area contributed by atoms with Crippen LogP contribution < -0.4 is 0 Å². The fraction of sp³-hybridized carbons (Fsp3) is 0.400. The highest BCUT2D eigenvalue weighted by Crippen LogP contribution is 1.82. The van der Waals surface area contributed by atoms with Gasteiger partial charge in [0.1, 0.15) is 0 Å². The second-order valence-corrected chi connectivity index (χ2v) is 1.47. The summed E-state index contributed by atoms with van der Waals surface area (Å²) in [7, 11) is 0. The molecule has 0 heterocycles. The summed E-state index contributed by atoms with van der Waals surface area (Å²) >= 11 is 3.10. The molecule has 0 saturated carbocycles. The first-order chi connectivity index (χ1) is 3.41. The van der Waals surface area contributed by atoms with E-state index in [1.54, 1.807) is 4.99 Å². The van der Waals surface area contributed by atoms with Gasteiger partial charge in [0.15, 0.2) is 0 Å². The van der Waals surface area contributed by atoms with E-state index in [0.29, 0.717) is 13.2 Å². The van der Waals surface area contributed by atoms with Crippen LogP contribution in [0.25, 0.3) is 0 Å². The van der Waals surface area contributed by atoms with Crippen molar-refractivity contribution in [1.82, 2.24) is 0 Å². The molecule has 0 saturated heterocycles. The lowest BCUT2D eigenvalue weighted by Gasteiger charge is -1.88. The van der Waals surface area contributed by atoms with E-state index in [-0.39, 0.29) is 0 Å². The molecule has 0 aromatic carbocycles. The van der Waals surface area contributed by atoms with Gasteiger partial charge in [-0.25, -0.2) is 0 Å². The zero-order valence-corrected chi connectivity index (χ0v) is 5.65. The SMILES string of the molecule is [CH2]COCC=CBr. The lowest BCUT2D eigenvalue weighted by Crippen LogP contribution is -1.86. The Bertz CT molecular complexity index is 52.0. The van der Waals surface area contributed by atoms with Gasteiger partial charge in [0.25, 0.3) is 0 Å². The first-order valence-electron chi connectivity index (χ1n) is 2.04. The van der Waals surface area contributed by atoms with Crippen molar-refractivity contribution in [3.8, 4) is 0 Å².